The van der Waals surface area contributed by atoms with Crippen molar-refractivity contribution in [3.05, 3.63) is 0 Å². The SMILES string of the molecule is CC1(C)C2CC(OC(=O)C(F)(F)SO[O-])C(O)C1C2. The second-order valence-electron chi connectivity index (χ2n) is 5.70. The normalized spacial score (nSPS) is 36.5. The van der Waals surface area contributed by atoms with E-state index in [0.29, 0.717) is 6.42 Å². The number of rotatable bonds is 4. The molecular weight excluding hydrogens is 282 g/mol. The van der Waals surface area contributed by atoms with Gasteiger partial charge in [0.25, 0.3) is 0 Å². The zero-order valence-corrected chi connectivity index (χ0v) is 11.3. The van der Waals surface area contributed by atoms with Crippen LogP contribution in [0.4, 0.5) is 8.78 Å². The topological polar surface area (TPSA) is 78.8 Å². The Kier molecular flexibility index (Phi) is 3.81. The minimum Gasteiger partial charge on any atom is -0.710 e. The summed E-state index contributed by atoms with van der Waals surface area (Å²) in [5, 5.41) is 15.7. The van der Waals surface area contributed by atoms with Crippen molar-refractivity contribution in [1.29, 1.82) is 0 Å². The van der Waals surface area contributed by atoms with Crippen LogP contribution < -0.4 is 5.26 Å². The van der Waals surface area contributed by atoms with Crippen LogP contribution in [0.25, 0.3) is 0 Å². The van der Waals surface area contributed by atoms with Gasteiger partial charge in [-0.1, -0.05) is 13.8 Å². The Morgan fingerprint density at radius 2 is 2.11 bits per heavy atom. The van der Waals surface area contributed by atoms with Crippen LogP contribution in [0.3, 0.4) is 0 Å². The molecule has 4 atom stereocenters. The monoisotopic (exact) mass is 297 g/mol. The van der Waals surface area contributed by atoms with Crippen molar-refractivity contribution in [1.82, 2.24) is 0 Å². The van der Waals surface area contributed by atoms with Gasteiger partial charge in [-0.3, -0.25) is 0 Å². The Labute approximate surface area is 113 Å². The van der Waals surface area contributed by atoms with Gasteiger partial charge in [0.2, 0.25) is 0 Å². The van der Waals surface area contributed by atoms with Crippen molar-refractivity contribution in [3.63, 3.8) is 0 Å². The fraction of sp³-hybridized carbons (Fsp3) is 0.909. The molecule has 0 amide bonds. The van der Waals surface area contributed by atoms with Crippen molar-refractivity contribution < 1.29 is 33.0 Å². The van der Waals surface area contributed by atoms with Gasteiger partial charge in [-0.05, 0) is 30.1 Å². The van der Waals surface area contributed by atoms with E-state index in [1.165, 1.54) is 0 Å². The molecule has 0 aromatic carbocycles. The molecule has 0 aromatic rings. The van der Waals surface area contributed by atoms with E-state index < -0.39 is 35.5 Å². The van der Waals surface area contributed by atoms with Crippen LogP contribution in [0.5, 0.6) is 0 Å². The summed E-state index contributed by atoms with van der Waals surface area (Å²) < 4.78 is 33.7. The quantitative estimate of drug-likeness (QED) is 0.359. The second kappa shape index (κ2) is 4.83. The first-order chi connectivity index (χ1) is 8.70. The highest BCUT2D eigenvalue weighted by atomic mass is 32.2. The Hall–Kier alpha value is -0.440. The maximum Gasteiger partial charge on any atom is 0.412 e. The number of carbonyl (C=O) groups excluding carboxylic acids is 1. The van der Waals surface area contributed by atoms with E-state index in [1.54, 1.807) is 0 Å². The highest BCUT2D eigenvalue weighted by Crippen LogP contribution is 2.59. The van der Waals surface area contributed by atoms with Gasteiger partial charge in [-0.25, -0.2) is 4.79 Å². The molecule has 0 spiro atoms. The van der Waals surface area contributed by atoms with Gasteiger partial charge in [0.05, 0.1) is 18.1 Å². The summed E-state index contributed by atoms with van der Waals surface area (Å²) in [5.74, 6) is -1.66. The molecule has 3 saturated carbocycles. The van der Waals surface area contributed by atoms with Crippen molar-refractivity contribution >= 4 is 18.0 Å². The smallest absolute Gasteiger partial charge is 0.412 e. The third-order valence-electron chi connectivity index (χ3n) is 4.49. The molecule has 0 aliphatic heterocycles. The fourth-order valence-corrected chi connectivity index (χ4v) is 3.32. The first kappa shape index (κ1) is 15.0. The highest BCUT2D eigenvalue weighted by molar-refractivity contribution is 7.96. The number of aliphatic hydroxyl groups excluding tert-OH is 1. The van der Waals surface area contributed by atoms with Crippen LogP contribution >= 0.6 is 12.0 Å². The molecule has 19 heavy (non-hydrogen) atoms. The van der Waals surface area contributed by atoms with Crippen molar-refractivity contribution in [3.8, 4) is 0 Å². The highest BCUT2D eigenvalue weighted by Gasteiger charge is 2.59. The molecule has 110 valence electrons. The standard InChI is InChI=1S/C11H16F2O5S/c1-10(2)5-3-6(10)8(14)7(4-5)17-9(15)11(12,13)19-18-16/h5-8,14,16H,3-4H2,1-2H3/p-1. The Morgan fingerprint density at radius 3 is 2.58 bits per heavy atom. The lowest BCUT2D eigenvalue weighted by atomic mass is 9.47. The minimum atomic E-state index is -4.06. The van der Waals surface area contributed by atoms with Gasteiger partial charge in [0.1, 0.15) is 6.10 Å². The van der Waals surface area contributed by atoms with Crippen LogP contribution in [-0.4, -0.2) is 28.5 Å². The average Bonchev–Trinajstić information content (AvgIpc) is 2.30. The lowest BCUT2D eigenvalue weighted by Gasteiger charge is -2.60. The number of hydrogen-bond acceptors (Lipinski definition) is 6. The van der Waals surface area contributed by atoms with Crippen LogP contribution in [0.2, 0.25) is 0 Å². The van der Waals surface area contributed by atoms with E-state index in [0.717, 1.165) is 6.42 Å². The third-order valence-corrected chi connectivity index (χ3v) is 4.94. The van der Waals surface area contributed by atoms with E-state index in [2.05, 4.69) is 9.07 Å². The van der Waals surface area contributed by atoms with Gasteiger partial charge >= 0.3 is 11.2 Å². The third kappa shape index (κ3) is 2.46. The first-order valence-corrected chi connectivity index (χ1v) is 6.69. The second-order valence-corrected chi connectivity index (χ2v) is 6.51. The summed E-state index contributed by atoms with van der Waals surface area (Å²) in [5.41, 5.74) is -0.0578. The molecule has 8 heteroatoms. The Balaban J connectivity index is 1.97. The number of alkyl halides is 2. The summed E-state index contributed by atoms with van der Waals surface area (Å²) in [7, 11) is 0. The van der Waals surface area contributed by atoms with Crippen molar-refractivity contribution in [2.45, 2.75) is 44.2 Å². The molecular formula is C11H15F2O5S-. The maximum atomic E-state index is 13.0. The molecule has 2 bridgehead atoms. The number of aliphatic hydroxyl groups is 1. The van der Waals surface area contributed by atoms with Crippen LogP contribution in [-0.2, 0) is 13.9 Å². The molecule has 5 nitrogen and oxygen atoms in total. The van der Waals surface area contributed by atoms with Crippen LogP contribution in [0.1, 0.15) is 26.7 Å². The predicted molar refractivity (Wildman–Crippen MR) is 59.5 cm³/mol. The zero-order chi connectivity index (χ0) is 14.4. The van der Waals surface area contributed by atoms with Crippen molar-refractivity contribution in [2.24, 2.45) is 17.3 Å². The zero-order valence-electron chi connectivity index (χ0n) is 10.5. The van der Waals surface area contributed by atoms with Crippen LogP contribution in [0.15, 0.2) is 0 Å². The summed E-state index contributed by atoms with van der Waals surface area (Å²) in [6, 6.07) is 0. The van der Waals surface area contributed by atoms with E-state index in [9.17, 15) is 23.9 Å². The molecule has 3 aliphatic rings. The minimum absolute atomic E-state index is 0.0546. The molecule has 3 rings (SSSR count). The van der Waals surface area contributed by atoms with E-state index in [-0.39, 0.29) is 17.3 Å². The number of ether oxygens (including phenoxy) is 1. The number of hydrogen-bond donors (Lipinski definition) is 1. The molecule has 0 aromatic heterocycles. The Morgan fingerprint density at radius 1 is 1.47 bits per heavy atom. The first-order valence-electron chi connectivity index (χ1n) is 5.94. The molecule has 3 aliphatic carbocycles. The lowest BCUT2D eigenvalue weighted by Crippen LogP contribution is -2.61. The number of fused-ring (bicyclic) bond motifs is 2. The van der Waals surface area contributed by atoms with E-state index in [4.69, 9.17) is 0 Å². The summed E-state index contributed by atoms with van der Waals surface area (Å²) in [4.78, 5) is 11.2. The molecule has 1 N–H and O–H groups in total. The van der Waals surface area contributed by atoms with E-state index >= 15 is 0 Å². The summed E-state index contributed by atoms with van der Waals surface area (Å²) in [6.07, 6.45) is -0.716. The van der Waals surface area contributed by atoms with Gasteiger partial charge in [0, 0.05) is 0 Å². The predicted octanol–water partition coefficient (Wildman–Crippen LogP) is 0.858. The average molecular weight is 297 g/mol. The van der Waals surface area contributed by atoms with Gasteiger partial charge in [-0.2, -0.15) is 8.78 Å². The van der Waals surface area contributed by atoms with Gasteiger partial charge in [0.15, 0.2) is 0 Å². The molecule has 0 radical (unpaired) electrons. The van der Waals surface area contributed by atoms with Gasteiger partial charge in [-0.15, -0.1) is 0 Å². The number of esters is 1. The fourth-order valence-electron chi connectivity index (χ4n) is 3.12. The summed E-state index contributed by atoms with van der Waals surface area (Å²) in [6.45, 7) is 4.01. The number of carbonyl (C=O) groups is 1. The Bertz CT molecular complexity index is 376. The molecule has 4 unspecified atom stereocenters. The lowest BCUT2D eigenvalue weighted by molar-refractivity contribution is -0.630. The maximum absolute atomic E-state index is 13.0. The van der Waals surface area contributed by atoms with Crippen molar-refractivity contribution in [2.75, 3.05) is 0 Å². The summed E-state index contributed by atoms with van der Waals surface area (Å²) >= 11 is -0.802. The molecule has 3 fully saturated rings. The van der Waals surface area contributed by atoms with Gasteiger partial charge < -0.3 is 19.4 Å². The number of halogens is 2. The van der Waals surface area contributed by atoms with E-state index in [1.807, 2.05) is 13.8 Å². The van der Waals surface area contributed by atoms with Crippen LogP contribution in [0, 0.1) is 17.3 Å². The molecule has 0 saturated heterocycles. The largest absolute Gasteiger partial charge is 0.710 e. The molecule has 0 heterocycles.